The number of benzene rings is 1. The number of hydrogen-bond donors (Lipinski definition) is 2. The first-order chi connectivity index (χ1) is 9.84. The van der Waals surface area contributed by atoms with Gasteiger partial charge < -0.3 is 10.4 Å². The third-order valence-corrected chi connectivity index (χ3v) is 3.78. The van der Waals surface area contributed by atoms with Gasteiger partial charge in [-0.1, -0.05) is 19.9 Å². The summed E-state index contributed by atoms with van der Waals surface area (Å²) >= 11 is 0. The predicted octanol–water partition coefficient (Wildman–Crippen LogP) is 2.86. The standard InChI is InChI=1S/C15H19F2NO3/c1-3-15(4-2,14(20)21)8-13(19)18-9-10-5-6-11(16)12(17)7-10/h5-7H,3-4,8-9H2,1-2H3,(H,18,19)(H,20,21). The molecule has 0 spiro atoms. The van der Waals surface area contributed by atoms with Gasteiger partial charge in [-0.2, -0.15) is 0 Å². The van der Waals surface area contributed by atoms with E-state index in [9.17, 15) is 23.5 Å². The second-order valence-electron chi connectivity index (χ2n) is 4.99. The van der Waals surface area contributed by atoms with E-state index in [0.29, 0.717) is 18.4 Å². The summed E-state index contributed by atoms with van der Waals surface area (Å²) in [7, 11) is 0. The maximum Gasteiger partial charge on any atom is 0.310 e. The molecule has 0 aliphatic carbocycles. The third-order valence-electron chi connectivity index (χ3n) is 3.78. The molecule has 0 aliphatic heterocycles. The molecule has 1 rings (SSSR count). The van der Waals surface area contributed by atoms with E-state index >= 15 is 0 Å². The van der Waals surface area contributed by atoms with Gasteiger partial charge in [0.05, 0.1) is 5.41 Å². The molecule has 1 aromatic rings. The Labute approximate surface area is 122 Å². The molecule has 0 unspecified atom stereocenters. The van der Waals surface area contributed by atoms with Gasteiger partial charge in [0.1, 0.15) is 0 Å². The van der Waals surface area contributed by atoms with Gasteiger partial charge in [0.2, 0.25) is 5.91 Å². The van der Waals surface area contributed by atoms with E-state index in [1.807, 2.05) is 0 Å². The summed E-state index contributed by atoms with van der Waals surface area (Å²) in [4.78, 5) is 23.2. The zero-order chi connectivity index (χ0) is 16.0. The van der Waals surface area contributed by atoms with Crippen LogP contribution in [0.25, 0.3) is 0 Å². The number of carboxylic acids is 1. The SMILES string of the molecule is CCC(CC)(CC(=O)NCc1ccc(F)c(F)c1)C(=O)O. The summed E-state index contributed by atoms with van der Waals surface area (Å²) < 4.78 is 25.8. The fraction of sp³-hybridized carbons (Fsp3) is 0.467. The second-order valence-corrected chi connectivity index (χ2v) is 4.99. The van der Waals surface area contributed by atoms with Gasteiger partial charge in [0.25, 0.3) is 0 Å². The average Bonchev–Trinajstić information content (AvgIpc) is 2.45. The van der Waals surface area contributed by atoms with Crippen molar-refractivity contribution >= 4 is 11.9 Å². The van der Waals surface area contributed by atoms with Crippen LogP contribution in [-0.2, 0) is 16.1 Å². The Morgan fingerprint density at radius 3 is 2.29 bits per heavy atom. The summed E-state index contributed by atoms with van der Waals surface area (Å²) in [5, 5.41) is 11.8. The maximum atomic E-state index is 13.0. The van der Waals surface area contributed by atoms with Crippen molar-refractivity contribution in [3.63, 3.8) is 0 Å². The van der Waals surface area contributed by atoms with E-state index in [2.05, 4.69) is 5.32 Å². The minimum absolute atomic E-state index is 0.0269. The molecular formula is C15H19F2NO3. The van der Waals surface area contributed by atoms with Crippen LogP contribution in [0.3, 0.4) is 0 Å². The topological polar surface area (TPSA) is 66.4 Å². The number of aliphatic carboxylic acids is 1. The molecule has 0 bridgehead atoms. The molecule has 4 nitrogen and oxygen atoms in total. The van der Waals surface area contributed by atoms with Crippen LogP contribution in [0.1, 0.15) is 38.7 Å². The second kappa shape index (κ2) is 7.15. The van der Waals surface area contributed by atoms with E-state index in [-0.39, 0.29) is 13.0 Å². The Kier molecular flexibility index (Phi) is 5.81. The Morgan fingerprint density at radius 1 is 1.19 bits per heavy atom. The molecule has 0 aromatic heterocycles. The van der Waals surface area contributed by atoms with Gasteiger partial charge in [-0.15, -0.1) is 0 Å². The van der Waals surface area contributed by atoms with Crippen molar-refractivity contribution in [1.82, 2.24) is 5.32 Å². The van der Waals surface area contributed by atoms with Crippen LogP contribution in [-0.4, -0.2) is 17.0 Å². The van der Waals surface area contributed by atoms with Crippen molar-refractivity contribution < 1.29 is 23.5 Å². The quantitative estimate of drug-likeness (QED) is 0.813. The van der Waals surface area contributed by atoms with Gasteiger partial charge >= 0.3 is 5.97 Å². The van der Waals surface area contributed by atoms with Gasteiger partial charge in [-0.3, -0.25) is 9.59 Å². The molecule has 0 fully saturated rings. The summed E-state index contributed by atoms with van der Waals surface area (Å²) in [5.41, 5.74) is -0.672. The van der Waals surface area contributed by atoms with E-state index < -0.39 is 28.9 Å². The first-order valence-corrected chi connectivity index (χ1v) is 6.78. The number of rotatable bonds is 7. The van der Waals surface area contributed by atoms with Gasteiger partial charge in [0.15, 0.2) is 11.6 Å². The smallest absolute Gasteiger partial charge is 0.310 e. The third kappa shape index (κ3) is 4.24. The first kappa shape index (κ1) is 17.1. The Morgan fingerprint density at radius 2 is 1.81 bits per heavy atom. The lowest BCUT2D eigenvalue weighted by atomic mass is 9.79. The zero-order valence-corrected chi connectivity index (χ0v) is 12.1. The maximum absolute atomic E-state index is 13.0. The molecular weight excluding hydrogens is 280 g/mol. The largest absolute Gasteiger partial charge is 0.481 e. The molecule has 0 atom stereocenters. The summed E-state index contributed by atoms with van der Waals surface area (Å²) in [6.45, 7) is 3.47. The lowest BCUT2D eigenvalue weighted by molar-refractivity contribution is -0.152. The highest BCUT2D eigenvalue weighted by Crippen LogP contribution is 2.30. The molecule has 0 aliphatic rings. The van der Waals surface area contributed by atoms with Crippen LogP contribution in [0.15, 0.2) is 18.2 Å². The summed E-state index contributed by atoms with van der Waals surface area (Å²) in [6.07, 6.45) is 0.549. The van der Waals surface area contributed by atoms with Crippen molar-refractivity contribution in [2.24, 2.45) is 5.41 Å². The van der Waals surface area contributed by atoms with E-state index in [0.717, 1.165) is 12.1 Å². The highest BCUT2D eigenvalue weighted by atomic mass is 19.2. The normalized spacial score (nSPS) is 11.2. The minimum atomic E-state index is -1.09. The van der Waals surface area contributed by atoms with Gasteiger partial charge in [0, 0.05) is 13.0 Å². The highest BCUT2D eigenvalue weighted by Gasteiger charge is 2.36. The Bertz CT molecular complexity index is 528. The van der Waals surface area contributed by atoms with Crippen molar-refractivity contribution in [3.05, 3.63) is 35.4 Å². The molecule has 21 heavy (non-hydrogen) atoms. The molecule has 1 amide bonds. The van der Waals surface area contributed by atoms with Crippen LogP contribution in [0.5, 0.6) is 0 Å². The number of halogens is 2. The van der Waals surface area contributed by atoms with E-state index in [1.165, 1.54) is 6.07 Å². The van der Waals surface area contributed by atoms with Gasteiger partial charge in [-0.25, -0.2) is 8.78 Å². The summed E-state index contributed by atoms with van der Waals surface area (Å²) in [6, 6.07) is 3.35. The first-order valence-electron chi connectivity index (χ1n) is 6.78. The van der Waals surface area contributed by atoms with E-state index in [1.54, 1.807) is 13.8 Å². The van der Waals surface area contributed by atoms with Crippen molar-refractivity contribution in [2.75, 3.05) is 0 Å². The molecule has 1 aromatic carbocycles. The predicted molar refractivity (Wildman–Crippen MR) is 73.5 cm³/mol. The van der Waals surface area contributed by atoms with Gasteiger partial charge in [-0.05, 0) is 30.5 Å². The van der Waals surface area contributed by atoms with Crippen LogP contribution >= 0.6 is 0 Å². The lowest BCUT2D eigenvalue weighted by Crippen LogP contribution is -2.36. The number of carbonyl (C=O) groups excluding carboxylic acids is 1. The molecule has 0 saturated carbocycles. The zero-order valence-electron chi connectivity index (χ0n) is 12.1. The number of carboxylic acid groups (broad SMARTS) is 1. The lowest BCUT2D eigenvalue weighted by Gasteiger charge is -2.25. The van der Waals surface area contributed by atoms with E-state index in [4.69, 9.17) is 0 Å². The van der Waals surface area contributed by atoms with Crippen LogP contribution in [0, 0.1) is 17.0 Å². The summed E-state index contributed by atoms with van der Waals surface area (Å²) in [5.74, 6) is -3.36. The molecule has 6 heteroatoms. The minimum Gasteiger partial charge on any atom is -0.481 e. The van der Waals surface area contributed by atoms with Crippen molar-refractivity contribution in [3.8, 4) is 0 Å². The number of nitrogens with one attached hydrogen (secondary N) is 1. The molecule has 0 radical (unpaired) electrons. The highest BCUT2D eigenvalue weighted by molar-refractivity contribution is 5.84. The number of carbonyl (C=O) groups is 2. The molecule has 2 N–H and O–H groups in total. The molecule has 0 heterocycles. The fourth-order valence-electron chi connectivity index (χ4n) is 2.10. The monoisotopic (exact) mass is 299 g/mol. The average molecular weight is 299 g/mol. The molecule has 0 saturated heterocycles. The molecule has 116 valence electrons. The van der Waals surface area contributed by atoms with Crippen molar-refractivity contribution in [1.29, 1.82) is 0 Å². The van der Waals surface area contributed by atoms with Crippen LogP contribution in [0.4, 0.5) is 8.78 Å². The number of hydrogen-bond acceptors (Lipinski definition) is 2. The fourth-order valence-corrected chi connectivity index (χ4v) is 2.10. The van der Waals surface area contributed by atoms with Crippen LogP contribution in [0.2, 0.25) is 0 Å². The number of amides is 1. The van der Waals surface area contributed by atoms with Crippen molar-refractivity contribution in [2.45, 2.75) is 39.7 Å². The van der Waals surface area contributed by atoms with Crippen LogP contribution < -0.4 is 5.32 Å². The Hall–Kier alpha value is -1.98. The Balaban J connectivity index is 2.65.